The number of nitrogens with zero attached hydrogens (tertiary/aromatic N) is 3. The van der Waals surface area contributed by atoms with Crippen molar-refractivity contribution in [1.82, 2.24) is 19.7 Å². The van der Waals surface area contributed by atoms with E-state index in [2.05, 4.69) is 20.7 Å². The van der Waals surface area contributed by atoms with Crippen LogP contribution in [-0.2, 0) is 4.79 Å². The van der Waals surface area contributed by atoms with Gasteiger partial charge in [0.1, 0.15) is 5.03 Å². The molecule has 0 aliphatic heterocycles. The molecule has 19 heavy (non-hydrogen) atoms. The number of carbonyl (C=O) groups excluding carboxylic acids is 1. The van der Waals surface area contributed by atoms with Crippen molar-refractivity contribution in [2.24, 2.45) is 5.84 Å². The lowest BCUT2D eigenvalue weighted by atomic mass is 10.4. The van der Waals surface area contributed by atoms with Crippen LogP contribution in [-0.4, -0.2) is 32.1 Å². The van der Waals surface area contributed by atoms with E-state index in [9.17, 15) is 4.79 Å². The zero-order valence-corrected chi connectivity index (χ0v) is 11.6. The Labute approximate surface area is 115 Å². The molecule has 0 radical (unpaired) electrons. The molecule has 2 rings (SSSR count). The van der Waals surface area contributed by atoms with Crippen LogP contribution in [0.15, 0.2) is 23.6 Å². The Bertz CT molecular complexity index is 582. The highest BCUT2D eigenvalue weighted by atomic mass is 32.2. The third kappa shape index (κ3) is 3.36. The molecule has 7 nitrogen and oxygen atoms in total. The van der Waals surface area contributed by atoms with Gasteiger partial charge < -0.3 is 15.1 Å². The van der Waals surface area contributed by atoms with Gasteiger partial charge >= 0.3 is 0 Å². The molecule has 0 aliphatic rings. The summed E-state index contributed by atoms with van der Waals surface area (Å²) in [5, 5.41) is 3.49. The molecule has 0 aromatic carbocycles. The summed E-state index contributed by atoms with van der Waals surface area (Å²) in [5.41, 5.74) is 3.21. The number of thioether (sulfide) groups is 1. The van der Waals surface area contributed by atoms with Crippen LogP contribution in [0.3, 0.4) is 0 Å². The average molecular weight is 280 g/mol. The first-order valence-corrected chi connectivity index (χ1v) is 6.81. The lowest BCUT2D eigenvalue weighted by Gasteiger charge is -2.09. The molecule has 1 amide bonds. The minimum absolute atomic E-state index is 0.0300. The van der Waals surface area contributed by atoms with Crippen LogP contribution < -0.4 is 16.6 Å². The Kier molecular flexibility index (Phi) is 4.23. The van der Waals surface area contributed by atoms with E-state index < -0.39 is 0 Å². The SMILES string of the molecule is CC(C)NC(=O)CSc1nc(NN)cn2ccnc12. The second-order valence-electron chi connectivity index (χ2n) is 4.24. The van der Waals surface area contributed by atoms with E-state index in [0.29, 0.717) is 22.2 Å². The van der Waals surface area contributed by atoms with E-state index in [0.717, 1.165) is 0 Å². The molecule has 102 valence electrons. The highest BCUT2D eigenvalue weighted by Gasteiger charge is 2.10. The predicted octanol–water partition coefficient (Wildman–Crippen LogP) is 0.632. The van der Waals surface area contributed by atoms with E-state index in [1.54, 1.807) is 18.6 Å². The first kappa shape index (κ1) is 13.6. The molecule has 0 unspecified atom stereocenters. The molecule has 2 aromatic heterocycles. The lowest BCUT2D eigenvalue weighted by molar-refractivity contribution is -0.119. The van der Waals surface area contributed by atoms with Gasteiger partial charge in [0.25, 0.3) is 0 Å². The van der Waals surface area contributed by atoms with Gasteiger partial charge in [0.2, 0.25) is 5.91 Å². The third-order valence-corrected chi connectivity index (χ3v) is 3.23. The van der Waals surface area contributed by atoms with Gasteiger partial charge in [-0.3, -0.25) is 4.79 Å². The van der Waals surface area contributed by atoms with Crippen molar-refractivity contribution in [2.75, 3.05) is 11.2 Å². The van der Waals surface area contributed by atoms with Crippen LogP contribution >= 0.6 is 11.8 Å². The zero-order chi connectivity index (χ0) is 13.8. The van der Waals surface area contributed by atoms with Crippen molar-refractivity contribution in [2.45, 2.75) is 24.9 Å². The largest absolute Gasteiger partial charge is 0.353 e. The van der Waals surface area contributed by atoms with E-state index in [-0.39, 0.29) is 11.9 Å². The van der Waals surface area contributed by atoms with E-state index >= 15 is 0 Å². The first-order valence-electron chi connectivity index (χ1n) is 5.82. The molecular formula is C11H16N6OS. The number of hydrazine groups is 1. The fourth-order valence-electron chi connectivity index (χ4n) is 1.57. The van der Waals surface area contributed by atoms with Crippen molar-refractivity contribution >= 4 is 29.1 Å². The van der Waals surface area contributed by atoms with E-state index in [4.69, 9.17) is 5.84 Å². The monoisotopic (exact) mass is 280 g/mol. The Morgan fingerprint density at radius 1 is 1.58 bits per heavy atom. The summed E-state index contributed by atoms with van der Waals surface area (Å²) in [6, 6.07) is 0.129. The maximum absolute atomic E-state index is 11.6. The molecule has 0 atom stereocenters. The van der Waals surface area contributed by atoms with Crippen molar-refractivity contribution in [3.8, 4) is 0 Å². The van der Waals surface area contributed by atoms with Crippen molar-refractivity contribution in [1.29, 1.82) is 0 Å². The lowest BCUT2D eigenvalue weighted by Crippen LogP contribution is -2.31. The molecule has 4 N–H and O–H groups in total. The number of nitrogens with two attached hydrogens (primary N) is 1. The van der Waals surface area contributed by atoms with Crippen LogP contribution in [0.2, 0.25) is 0 Å². The number of hydrogen-bond acceptors (Lipinski definition) is 6. The predicted molar refractivity (Wildman–Crippen MR) is 74.8 cm³/mol. The number of anilines is 1. The van der Waals surface area contributed by atoms with Crippen LogP contribution in [0.4, 0.5) is 5.82 Å². The van der Waals surface area contributed by atoms with Crippen LogP contribution in [0, 0.1) is 0 Å². The fourth-order valence-corrected chi connectivity index (χ4v) is 2.37. The quantitative estimate of drug-likeness (QED) is 0.422. The number of fused-ring (bicyclic) bond motifs is 1. The number of imidazole rings is 1. The topological polar surface area (TPSA) is 97.3 Å². The van der Waals surface area contributed by atoms with E-state index in [1.165, 1.54) is 11.8 Å². The Balaban J connectivity index is 2.15. The number of carbonyl (C=O) groups is 1. The molecule has 2 aromatic rings. The summed E-state index contributed by atoms with van der Waals surface area (Å²) >= 11 is 1.33. The van der Waals surface area contributed by atoms with E-state index in [1.807, 2.05) is 18.2 Å². The number of hydrogen-bond donors (Lipinski definition) is 3. The highest BCUT2D eigenvalue weighted by Crippen LogP contribution is 2.22. The molecule has 0 aliphatic carbocycles. The maximum Gasteiger partial charge on any atom is 0.230 e. The molecule has 0 saturated carbocycles. The van der Waals surface area contributed by atoms with Crippen LogP contribution in [0.5, 0.6) is 0 Å². The summed E-state index contributed by atoms with van der Waals surface area (Å²) in [5.74, 6) is 6.15. The standard InChI is InChI=1S/C11H16N6OS/c1-7(2)14-9(18)6-19-11-10-13-3-4-17(10)5-8(15-11)16-12/h3-5,7,16H,6,12H2,1-2H3,(H,14,18). The Hall–Kier alpha value is -1.80. The van der Waals surface area contributed by atoms with Gasteiger partial charge in [0.15, 0.2) is 11.5 Å². The summed E-state index contributed by atoms with van der Waals surface area (Å²) in [4.78, 5) is 20.1. The van der Waals surface area contributed by atoms with Gasteiger partial charge in [-0.05, 0) is 13.8 Å². The average Bonchev–Trinajstić information content (AvgIpc) is 2.82. The molecule has 0 spiro atoms. The van der Waals surface area contributed by atoms with Crippen molar-refractivity contribution in [3.63, 3.8) is 0 Å². The molecule has 2 heterocycles. The molecule has 8 heteroatoms. The normalized spacial score (nSPS) is 10.9. The maximum atomic E-state index is 11.6. The summed E-state index contributed by atoms with van der Waals surface area (Å²) in [6.45, 7) is 3.85. The van der Waals surface area contributed by atoms with Crippen molar-refractivity contribution in [3.05, 3.63) is 18.6 Å². The number of amides is 1. The molecule has 0 bridgehead atoms. The minimum atomic E-state index is -0.0300. The van der Waals surface area contributed by atoms with Gasteiger partial charge in [0.05, 0.1) is 11.9 Å². The van der Waals surface area contributed by atoms with Crippen LogP contribution in [0.1, 0.15) is 13.8 Å². The van der Waals surface area contributed by atoms with Gasteiger partial charge in [-0.25, -0.2) is 15.8 Å². The first-order chi connectivity index (χ1) is 9.10. The molecule has 0 fully saturated rings. The number of rotatable bonds is 5. The summed E-state index contributed by atoms with van der Waals surface area (Å²) < 4.78 is 1.81. The Morgan fingerprint density at radius 3 is 3.05 bits per heavy atom. The van der Waals surface area contributed by atoms with Gasteiger partial charge in [0, 0.05) is 18.4 Å². The smallest absolute Gasteiger partial charge is 0.230 e. The minimum Gasteiger partial charge on any atom is -0.353 e. The van der Waals surface area contributed by atoms with Gasteiger partial charge in [-0.2, -0.15) is 0 Å². The second kappa shape index (κ2) is 5.89. The number of aromatic nitrogens is 3. The van der Waals surface area contributed by atoms with Crippen molar-refractivity contribution < 1.29 is 4.79 Å². The molecule has 0 saturated heterocycles. The number of nitrogen functional groups attached to an aromatic ring is 1. The van der Waals surface area contributed by atoms with Gasteiger partial charge in [-0.1, -0.05) is 11.8 Å². The summed E-state index contributed by atoms with van der Waals surface area (Å²) in [7, 11) is 0. The highest BCUT2D eigenvalue weighted by molar-refractivity contribution is 8.00. The second-order valence-corrected chi connectivity index (χ2v) is 5.21. The third-order valence-electron chi connectivity index (χ3n) is 2.28. The zero-order valence-electron chi connectivity index (χ0n) is 10.8. The Morgan fingerprint density at radius 2 is 2.37 bits per heavy atom. The number of nitrogens with one attached hydrogen (secondary N) is 2. The fraction of sp³-hybridized carbons (Fsp3) is 0.364. The summed E-state index contributed by atoms with van der Waals surface area (Å²) in [6.07, 6.45) is 5.21. The van der Waals surface area contributed by atoms with Gasteiger partial charge in [-0.15, -0.1) is 0 Å². The van der Waals surface area contributed by atoms with Crippen LogP contribution in [0.25, 0.3) is 5.65 Å². The molecular weight excluding hydrogens is 264 g/mol.